The van der Waals surface area contributed by atoms with Crippen molar-refractivity contribution >= 4 is 35.5 Å². The zero-order chi connectivity index (χ0) is 32.2. The van der Waals surface area contributed by atoms with E-state index in [1.165, 1.54) is 12.1 Å². The quantitative estimate of drug-likeness (QED) is 0.0763. The topological polar surface area (TPSA) is 105 Å². The first-order chi connectivity index (χ1) is 21.3. The molecule has 0 unspecified atom stereocenters. The molecule has 0 aliphatic carbocycles. The molecule has 2 aromatic carbocycles. The van der Waals surface area contributed by atoms with E-state index in [0.717, 1.165) is 57.8 Å². The van der Waals surface area contributed by atoms with Crippen LogP contribution in [-0.4, -0.2) is 23.9 Å². The van der Waals surface area contributed by atoms with Gasteiger partial charge in [0.2, 0.25) is 5.75 Å². The summed E-state index contributed by atoms with van der Waals surface area (Å²) in [6.07, 6.45) is 10.9. The molecule has 242 valence electrons. The number of halogens is 1. The Kier molecular flexibility index (Phi) is 17.8. The van der Waals surface area contributed by atoms with Crippen molar-refractivity contribution in [2.45, 2.75) is 124 Å². The fourth-order valence-corrected chi connectivity index (χ4v) is 4.62. The molecule has 44 heavy (non-hydrogen) atoms. The molecule has 0 saturated carbocycles. The number of carbonyl (C=O) groups is 4. The second-order valence-corrected chi connectivity index (χ2v) is 11.3. The van der Waals surface area contributed by atoms with Crippen molar-refractivity contribution in [3.05, 3.63) is 52.5 Å². The lowest BCUT2D eigenvalue weighted by atomic mass is 10.1. The number of rotatable bonds is 21. The van der Waals surface area contributed by atoms with Gasteiger partial charge in [0.25, 0.3) is 0 Å². The third kappa shape index (κ3) is 14.4. The van der Waals surface area contributed by atoms with E-state index >= 15 is 0 Å². The van der Waals surface area contributed by atoms with Gasteiger partial charge in [0.1, 0.15) is 6.61 Å². The molecule has 0 heterocycles. The Balaban J connectivity index is 2.39. The van der Waals surface area contributed by atoms with E-state index in [0.29, 0.717) is 29.8 Å². The highest BCUT2D eigenvalue weighted by molar-refractivity contribution is 6.30. The summed E-state index contributed by atoms with van der Waals surface area (Å²) >= 11 is 6.05. The van der Waals surface area contributed by atoms with Crippen molar-refractivity contribution in [1.82, 2.24) is 0 Å². The van der Waals surface area contributed by atoms with Crippen molar-refractivity contribution < 1.29 is 38.1 Å². The summed E-state index contributed by atoms with van der Waals surface area (Å²) in [5, 5.41) is 0.501. The maximum absolute atomic E-state index is 13.2. The molecule has 0 N–H and O–H groups in total. The van der Waals surface area contributed by atoms with Crippen molar-refractivity contribution in [3.63, 3.8) is 0 Å². The zero-order valence-electron chi connectivity index (χ0n) is 26.4. The molecule has 8 nitrogen and oxygen atoms in total. The standard InChI is InChI=1S/C35H47ClO8/c1-4-7-10-13-19-31(37)42-29-23-27(35(40)41-25-26-17-16-18-28(36)22-26)24-30(43-32(38)20-14-11-8-5-2)34(29)44-33(39)21-15-12-9-6-3/h16-18,22-24H,4-15,19-21,25H2,1-3H3. The van der Waals surface area contributed by atoms with Crippen LogP contribution in [0.15, 0.2) is 36.4 Å². The van der Waals surface area contributed by atoms with E-state index in [2.05, 4.69) is 20.8 Å². The Hall–Kier alpha value is -3.39. The molecule has 0 aliphatic heterocycles. The first kappa shape index (κ1) is 36.8. The Bertz CT molecular complexity index is 1160. The summed E-state index contributed by atoms with van der Waals surface area (Å²) in [6.45, 7) is 6.16. The first-order valence-electron chi connectivity index (χ1n) is 16.0. The van der Waals surface area contributed by atoms with Crippen LogP contribution in [0.25, 0.3) is 0 Å². The molecule has 0 amide bonds. The van der Waals surface area contributed by atoms with Gasteiger partial charge in [0, 0.05) is 24.3 Å². The van der Waals surface area contributed by atoms with Gasteiger partial charge in [-0.05, 0) is 49.1 Å². The molecule has 0 saturated heterocycles. The lowest BCUT2D eigenvalue weighted by Crippen LogP contribution is -2.16. The highest BCUT2D eigenvalue weighted by atomic mass is 35.5. The molecule has 2 rings (SSSR count). The molecule has 2 aromatic rings. The van der Waals surface area contributed by atoms with Crippen LogP contribution < -0.4 is 14.2 Å². The molecule has 0 fully saturated rings. The minimum Gasteiger partial charge on any atom is -0.457 e. The van der Waals surface area contributed by atoms with Gasteiger partial charge in [-0.2, -0.15) is 0 Å². The van der Waals surface area contributed by atoms with E-state index in [1.807, 2.05) is 0 Å². The summed E-state index contributed by atoms with van der Waals surface area (Å²) in [7, 11) is 0. The normalized spacial score (nSPS) is 10.7. The average molecular weight is 631 g/mol. The molecule has 0 spiro atoms. The second kappa shape index (κ2) is 21.3. The van der Waals surface area contributed by atoms with E-state index in [4.69, 9.17) is 30.5 Å². The Morgan fingerprint density at radius 2 is 1.09 bits per heavy atom. The van der Waals surface area contributed by atoms with Crippen molar-refractivity contribution in [3.8, 4) is 17.2 Å². The minimum absolute atomic E-state index is 0.0302. The summed E-state index contributed by atoms with van der Waals surface area (Å²) in [5.74, 6) is -2.98. The van der Waals surface area contributed by atoms with Crippen LogP contribution in [0.5, 0.6) is 17.2 Å². The molecule has 0 aromatic heterocycles. The Labute approximate surface area is 266 Å². The first-order valence-corrected chi connectivity index (χ1v) is 16.4. The van der Waals surface area contributed by atoms with Crippen LogP contribution in [0, 0.1) is 0 Å². The highest BCUT2D eigenvalue weighted by Gasteiger charge is 2.25. The monoisotopic (exact) mass is 630 g/mol. The largest absolute Gasteiger partial charge is 0.457 e. The number of benzene rings is 2. The predicted molar refractivity (Wildman–Crippen MR) is 170 cm³/mol. The average Bonchev–Trinajstić information content (AvgIpc) is 3.00. The van der Waals surface area contributed by atoms with Gasteiger partial charge in [0.15, 0.2) is 11.5 Å². The minimum atomic E-state index is -0.747. The number of unbranched alkanes of at least 4 members (excludes halogenated alkanes) is 9. The lowest BCUT2D eigenvalue weighted by molar-refractivity contribution is -0.138. The predicted octanol–water partition coefficient (Wildman–Crippen LogP) is 9.32. The van der Waals surface area contributed by atoms with Crippen molar-refractivity contribution in [2.24, 2.45) is 0 Å². The van der Waals surface area contributed by atoms with Crippen LogP contribution in [0.1, 0.15) is 133 Å². The molecular weight excluding hydrogens is 584 g/mol. The third-order valence-corrected chi connectivity index (χ3v) is 7.12. The highest BCUT2D eigenvalue weighted by Crippen LogP contribution is 2.40. The maximum atomic E-state index is 13.2. The van der Waals surface area contributed by atoms with Crippen LogP contribution in [0.3, 0.4) is 0 Å². The van der Waals surface area contributed by atoms with Gasteiger partial charge >= 0.3 is 23.9 Å². The SMILES string of the molecule is CCCCCCC(=O)Oc1cc(C(=O)OCc2cccc(Cl)c2)cc(OC(=O)CCCCCC)c1OC(=O)CCCCCC. The summed E-state index contributed by atoms with van der Waals surface area (Å²) in [5.41, 5.74) is 0.647. The summed E-state index contributed by atoms with van der Waals surface area (Å²) in [4.78, 5) is 51.6. The van der Waals surface area contributed by atoms with Gasteiger partial charge in [-0.3, -0.25) is 14.4 Å². The lowest BCUT2D eigenvalue weighted by Gasteiger charge is -2.16. The van der Waals surface area contributed by atoms with Crippen molar-refractivity contribution in [1.29, 1.82) is 0 Å². The van der Waals surface area contributed by atoms with E-state index in [-0.39, 0.29) is 48.7 Å². The van der Waals surface area contributed by atoms with E-state index in [1.54, 1.807) is 24.3 Å². The Morgan fingerprint density at radius 1 is 0.614 bits per heavy atom. The fourth-order valence-electron chi connectivity index (χ4n) is 4.41. The third-order valence-electron chi connectivity index (χ3n) is 6.88. The summed E-state index contributed by atoms with van der Waals surface area (Å²) in [6, 6.07) is 9.45. The summed E-state index contributed by atoms with van der Waals surface area (Å²) < 4.78 is 22.4. The van der Waals surface area contributed by atoms with Crippen molar-refractivity contribution in [2.75, 3.05) is 0 Å². The number of esters is 4. The number of ether oxygens (including phenoxy) is 4. The van der Waals surface area contributed by atoms with Crippen LogP contribution >= 0.6 is 11.6 Å². The van der Waals surface area contributed by atoms with E-state index < -0.39 is 23.9 Å². The van der Waals surface area contributed by atoms with Gasteiger partial charge in [-0.25, -0.2) is 4.79 Å². The second-order valence-electron chi connectivity index (χ2n) is 10.9. The van der Waals surface area contributed by atoms with Gasteiger partial charge in [-0.1, -0.05) is 102 Å². The molecule has 0 radical (unpaired) electrons. The maximum Gasteiger partial charge on any atom is 0.338 e. The van der Waals surface area contributed by atoms with Gasteiger partial charge in [0.05, 0.1) is 5.56 Å². The number of hydrogen-bond acceptors (Lipinski definition) is 8. The van der Waals surface area contributed by atoms with E-state index in [9.17, 15) is 19.2 Å². The fraction of sp³-hybridized carbons (Fsp3) is 0.543. The molecule has 0 bridgehead atoms. The molecule has 0 atom stereocenters. The van der Waals surface area contributed by atoms with Crippen LogP contribution in [0.4, 0.5) is 0 Å². The number of carbonyl (C=O) groups excluding carboxylic acids is 4. The zero-order valence-corrected chi connectivity index (χ0v) is 27.2. The van der Waals surface area contributed by atoms with Gasteiger partial charge < -0.3 is 18.9 Å². The Morgan fingerprint density at radius 3 is 1.55 bits per heavy atom. The molecule has 9 heteroatoms. The number of hydrogen-bond donors (Lipinski definition) is 0. The smallest absolute Gasteiger partial charge is 0.338 e. The van der Waals surface area contributed by atoms with Gasteiger partial charge in [-0.15, -0.1) is 0 Å². The molecular formula is C35H47ClO8. The van der Waals surface area contributed by atoms with Crippen LogP contribution in [0.2, 0.25) is 5.02 Å². The molecule has 0 aliphatic rings. The van der Waals surface area contributed by atoms with Crippen LogP contribution in [-0.2, 0) is 25.7 Å².